The van der Waals surface area contributed by atoms with Crippen LogP contribution in [0.5, 0.6) is 0 Å². The third kappa shape index (κ3) is 8.23. The maximum absolute atomic E-state index is 10.5. The van der Waals surface area contributed by atoms with Gasteiger partial charge in [0.25, 0.3) is 10.1 Å². The zero-order valence-corrected chi connectivity index (χ0v) is 14.1. The Bertz CT molecular complexity index is 330. The van der Waals surface area contributed by atoms with Crippen molar-refractivity contribution in [1.82, 2.24) is 0 Å². The summed E-state index contributed by atoms with van der Waals surface area (Å²) in [6.07, 6.45) is 3.25. The van der Waals surface area contributed by atoms with Gasteiger partial charge in [0.15, 0.2) is 8.32 Å². The summed E-state index contributed by atoms with van der Waals surface area (Å²) in [4.78, 5) is 0. The van der Waals surface area contributed by atoms with Crippen molar-refractivity contribution in [3.8, 4) is 0 Å². The van der Waals surface area contributed by atoms with E-state index in [-0.39, 0.29) is 10.8 Å². The van der Waals surface area contributed by atoms with Crippen LogP contribution in [0.15, 0.2) is 0 Å². The smallest absolute Gasteiger partial charge is 0.264 e. The quantitative estimate of drug-likeness (QED) is 0.423. The largest absolute Gasteiger partial charge is 0.417 e. The molecule has 110 valence electrons. The Morgan fingerprint density at radius 1 is 1.06 bits per heavy atom. The fourth-order valence-electron chi connectivity index (χ4n) is 1.28. The summed E-state index contributed by atoms with van der Waals surface area (Å²) in [5, 5.41) is 0.234. The van der Waals surface area contributed by atoms with Gasteiger partial charge < -0.3 is 4.43 Å². The minimum absolute atomic E-state index is 0.129. The third-order valence-electron chi connectivity index (χ3n) is 3.57. The molecule has 0 saturated carbocycles. The molecule has 0 aliphatic rings. The van der Waals surface area contributed by atoms with E-state index in [4.69, 9.17) is 8.98 Å². The standard InChI is InChI=1S/C12H28O4SSi/c1-12(2,3)18(4,5)16-10-8-6-7-9-11-17(13,14)15/h6-11H2,1-5H3,(H,13,14,15). The van der Waals surface area contributed by atoms with E-state index in [1.165, 1.54) is 0 Å². The molecule has 4 nitrogen and oxygen atoms in total. The SMILES string of the molecule is CC(C)(C)[Si](C)(C)OCCCCCCS(=O)(=O)O. The molecular weight excluding hydrogens is 268 g/mol. The molecule has 0 heterocycles. The molecule has 0 aromatic rings. The van der Waals surface area contributed by atoms with Crippen molar-refractivity contribution < 1.29 is 17.4 Å². The minimum Gasteiger partial charge on any atom is -0.417 e. The minimum atomic E-state index is -3.78. The molecule has 0 atom stereocenters. The Hall–Kier alpha value is 0.0869. The van der Waals surface area contributed by atoms with Crippen molar-refractivity contribution in [2.24, 2.45) is 0 Å². The highest BCUT2D eigenvalue weighted by atomic mass is 32.2. The first-order chi connectivity index (χ1) is 7.96. The third-order valence-corrected chi connectivity index (χ3v) is 8.91. The molecular formula is C12H28O4SSi. The fraction of sp³-hybridized carbons (Fsp3) is 1.00. The molecule has 0 aromatic carbocycles. The summed E-state index contributed by atoms with van der Waals surface area (Å²) in [5.74, 6) is -0.129. The van der Waals surface area contributed by atoms with Crippen molar-refractivity contribution in [3.63, 3.8) is 0 Å². The van der Waals surface area contributed by atoms with E-state index in [2.05, 4.69) is 33.9 Å². The average Bonchev–Trinajstić information content (AvgIpc) is 2.12. The molecule has 0 aliphatic heterocycles. The van der Waals surface area contributed by atoms with Gasteiger partial charge in [0.05, 0.1) is 5.75 Å². The van der Waals surface area contributed by atoms with Gasteiger partial charge in [-0.3, -0.25) is 4.55 Å². The Morgan fingerprint density at radius 3 is 2.00 bits per heavy atom. The van der Waals surface area contributed by atoms with Crippen LogP contribution in [0.4, 0.5) is 0 Å². The molecule has 0 aliphatic carbocycles. The van der Waals surface area contributed by atoms with Gasteiger partial charge in [0, 0.05) is 6.61 Å². The number of rotatable bonds is 8. The molecule has 0 amide bonds. The predicted octanol–water partition coefficient (Wildman–Crippen LogP) is 3.46. The second kappa shape index (κ2) is 7.03. The van der Waals surface area contributed by atoms with Crippen molar-refractivity contribution in [2.45, 2.75) is 64.6 Å². The van der Waals surface area contributed by atoms with E-state index < -0.39 is 18.4 Å². The van der Waals surface area contributed by atoms with E-state index in [0.29, 0.717) is 6.42 Å². The molecule has 0 fully saturated rings. The highest BCUT2D eigenvalue weighted by molar-refractivity contribution is 7.85. The van der Waals surface area contributed by atoms with Crippen LogP contribution in [0.1, 0.15) is 46.5 Å². The molecule has 0 unspecified atom stereocenters. The Balaban J connectivity index is 3.64. The highest BCUT2D eigenvalue weighted by Gasteiger charge is 2.36. The molecule has 0 bridgehead atoms. The van der Waals surface area contributed by atoms with Crippen LogP contribution in [-0.4, -0.2) is 33.6 Å². The Kier molecular flexibility index (Phi) is 7.06. The average molecular weight is 297 g/mol. The molecule has 6 heteroatoms. The summed E-state index contributed by atoms with van der Waals surface area (Å²) in [6.45, 7) is 11.8. The summed E-state index contributed by atoms with van der Waals surface area (Å²) < 4.78 is 35.6. The van der Waals surface area contributed by atoms with Gasteiger partial charge in [0.1, 0.15) is 0 Å². The van der Waals surface area contributed by atoms with Gasteiger partial charge in [-0.2, -0.15) is 8.42 Å². The van der Waals surface area contributed by atoms with Crippen LogP contribution >= 0.6 is 0 Å². The molecule has 0 saturated heterocycles. The van der Waals surface area contributed by atoms with Crippen molar-refractivity contribution in [3.05, 3.63) is 0 Å². The molecule has 0 radical (unpaired) electrons. The van der Waals surface area contributed by atoms with Crippen LogP contribution in [0.25, 0.3) is 0 Å². The molecule has 18 heavy (non-hydrogen) atoms. The van der Waals surface area contributed by atoms with Gasteiger partial charge in [-0.05, 0) is 31.0 Å². The van der Waals surface area contributed by atoms with Crippen LogP contribution in [0.2, 0.25) is 18.1 Å². The zero-order chi connectivity index (χ0) is 14.4. The van der Waals surface area contributed by atoms with Crippen molar-refractivity contribution >= 4 is 18.4 Å². The summed E-state index contributed by atoms with van der Waals surface area (Å²) in [7, 11) is -5.42. The maximum Gasteiger partial charge on any atom is 0.264 e. The normalized spacial score (nSPS) is 13.9. The Morgan fingerprint density at radius 2 is 1.56 bits per heavy atom. The highest BCUT2D eigenvalue weighted by Crippen LogP contribution is 2.36. The van der Waals surface area contributed by atoms with E-state index in [1.54, 1.807) is 0 Å². The lowest BCUT2D eigenvalue weighted by atomic mass is 10.2. The first kappa shape index (κ1) is 18.1. The van der Waals surface area contributed by atoms with Gasteiger partial charge in [-0.15, -0.1) is 0 Å². The Labute approximate surface area is 113 Å². The van der Waals surface area contributed by atoms with Gasteiger partial charge in [-0.25, -0.2) is 0 Å². The maximum atomic E-state index is 10.5. The predicted molar refractivity (Wildman–Crippen MR) is 78.0 cm³/mol. The molecule has 0 rings (SSSR count). The molecule has 0 aromatic heterocycles. The van der Waals surface area contributed by atoms with E-state index >= 15 is 0 Å². The van der Waals surface area contributed by atoms with Crippen molar-refractivity contribution in [1.29, 1.82) is 0 Å². The van der Waals surface area contributed by atoms with Crippen LogP contribution in [0.3, 0.4) is 0 Å². The van der Waals surface area contributed by atoms with Gasteiger partial charge in [0.2, 0.25) is 0 Å². The summed E-state index contributed by atoms with van der Waals surface area (Å²) >= 11 is 0. The summed E-state index contributed by atoms with van der Waals surface area (Å²) in [5.41, 5.74) is 0. The number of hydrogen-bond donors (Lipinski definition) is 1. The van der Waals surface area contributed by atoms with Crippen LogP contribution < -0.4 is 0 Å². The molecule has 0 spiro atoms. The summed E-state index contributed by atoms with van der Waals surface area (Å²) in [6, 6.07) is 0. The fourth-order valence-corrected chi connectivity index (χ4v) is 2.94. The van der Waals surface area contributed by atoms with E-state index in [1.807, 2.05) is 0 Å². The second-order valence-electron chi connectivity index (χ2n) is 6.31. The van der Waals surface area contributed by atoms with Crippen LogP contribution in [-0.2, 0) is 14.5 Å². The number of hydrogen-bond acceptors (Lipinski definition) is 3. The zero-order valence-electron chi connectivity index (χ0n) is 12.3. The lowest BCUT2D eigenvalue weighted by Gasteiger charge is -2.36. The lowest BCUT2D eigenvalue weighted by molar-refractivity contribution is 0.278. The van der Waals surface area contributed by atoms with Crippen LogP contribution in [0, 0.1) is 0 Å². The first-order valence-corrected chi connectivity index (χ1v) is 11.1. The molecule has 1 N–H and O–H groups in total. The topological polar surface area (TPSA) is 63.6 Å². The monoisotopic (exact) mass is 296 g/mol. The van der Waals surface area contributed by atoms with E-state index in [0.717, 1.165) is 25.9 Å². The van der Waals surface area contributed by atoms with Crippen molar-refractivity contribution in [2.75, 3.05) is 12.4 Å². The number of unbranched alkanes of at least 4 members (excludes halogenated alkanes) is 3. The van der Waals surface area contributed by atoms with Gasteiger partial charge >= 0.3 is 0 Å². The van der Waals surface area contributed by atoms with Gasteiger partial charge in [-0.1, -0.05) is 33.6 Å². The lowest BCUT2D eigenvalue weighted by Crippen LogP contribution is -2.40. The first-order valence-electron chi connectivity index (χ1n) is 6.55. The van der Waals surface area contributed by atoms with E-state index in [9.17, 15) is 8.42 Å². The second-order valence-corrected chi connectivity index (χ2v) is 12.7.